The normalized spacial score (nSPS) is 15.3. The van der Waals surface area contributed by atoms with E-state index < -0.39 is 0 Å². The Morgan fingerprint density at radius 3 is 2.61 bits per heavy atom. The van der Waals surface area contributed by atoms with Crippen LogP contribution in [0.3, 0.4) is 0 Å². The third-order valence-corrected chi connectivity index (χ3v) is 5.82. The van der Waals surface area contributed by atoms with Crippen LogP contribution in [0.15, 0.2) is 30.3 Å². The van der Waals surface area contributed by atoms with Gasteiger partial charge < -0.3 is 15.0 Å². The van der Waals surface area contributed by atoms with Crippen molar-refractivity contribution in [3.63, 3.8) is 0 Å². The molecular formula is C24H30N6O. The third kappa shape index (κ3) is 4.80. The minimum atomic E-state index is 0.00275. The molecule has 2 N–H and O–H groups in total. The summed E-state index contributed by atoms with van der Waals surface area (Å²) in [6.07, 6.45) is 4.49. The van der Waals surface area contributed by atoms with Gasteiger partial charge in [0, 0.05) is 6.54 Å². The van der Waals surface area contributed by atoms with Crippen LogP contribution in [0.2, 0.25) is 0 Å². The van der Waals surface area contributed by atoms with Crippen molar-refractivity contribution in [1.82, 2.24) is 19.4 Å². The van der Waals surface area contributed by atoms with Crippen LogP contribution in [-0.2, 0) is 13.1 Å². The van der Waals surface area contributed by atoms with Gasteiger partial charge in [-0.2, -0.15) is 15.2 Å². The summed E-state index contributed by atoms with van der Waals surface area (Å²) in [6, 6.07) is 12.9. The Morgan fingerprint density at radius 1 is 1.16 bits per heavy atom. The molecule has 7 heteroatoms. The fourth-order valence-electron chi connectivity index (χ4n) is 4.29. The highest BCUT2D eigenvalue weighted by molar-refractivity contribution is 5.88. The molecule has 1 fully saturated rings. The number of aromatic nitrogens is 3. The first kappa shape index (κ1) is 21.1. The van der Waals surface area contributed by atoms with Crippen molar-refractivity contribution in [3.8, 4) is 12.1 Å². The molecular weight excluding hydrogens is 388 g/mol. The molecule has 1 aromatic carbocycles. The van der Waals surface area contributed by atoms with Crippen molar-refractivity contribution < 1.29 is 4.74 Å². The first-order valence-electron chi connectivity index (χ1n) is 11.1. The van der Waals surface area contributed by atoms with Crippen LogP contribution in [-0.4, -0.2) is 38.6 Å². The molecule has 1 aliphatic rings. The Balaban J connectivity index is 1.64. The number of rotatable bonds is 8. The van der Waals surface area contributed by atoms with E-state index in [1.54, 1.807) is 6.07 Å². The van der Waals surface area contributed by atoms with Gasteiger partial charge in [0.1, 0.15) is 17.6 Å². The van der Waals surface area contributed by atoms with Gasteiger partial charge in [0.2, 0.25) is 0 Å². The molecule has 2 aromatic heterocycles. The van der Waals surface area contributed by atoms with Crippen molar-refractivity contribution in [1.29, 1.82) is 5.26 Å². The van der Waals surface area contributed by atoms with E-state index in [-0.39, 0.29) is 12.1 Å². The van der Waals surface area contributed by atoms with E-state index in [1.165, 1.54) is 31.5 Å². The Kier molecular flexibility index (Phi) is 6.38. The lowest BCUT2D eigenvalue weighted by molar-refractivity contribution is 0.193. The van der Waals surface area contributed by atoms with Crippen LogP contribution in [0.5, 0.6) is 6.01 Å². The lowest BCUT2D eigenvalue weighted by atomic mass is 10.1. The number of anilines is 1. The summed E-state index contributed by atoms with van der Waals surface area (Å²) in [5.41, 5.74) is 9.76. The molecule has 7 nitrogen and oxygen atoms in total. The van der Waals surface area contributed by atoms with E-state index in [0.717, 1.165) is 24.9 Å². The van der Waals surface area contributed by atoms with Gasteiger partial charge in [-0.3, -0.25) is 4.90 Å². The van der Waals surface area contributed by atoms with Crippen molar-refractivity contribution in [2.75, 3.05) is 18.8 Å². The SMILES string of the molecule is CCC[C@@H](C)Oc1nc(N)c2cc(C#N)n(Cc3cccc(CN4CCCC4)c3)c2n1. The molecule has 0 aliphatic carbocycles. The molecule has 0 amide bonds. The van der Waals surface area contributed by atoms with Gasteiger partial charge in [-0.15, -0.1) is 0 Å². The summed E-state index contributed by atoms with van der Waals surface area (Å²) in [7, 11) is 0. The number of benzene rings is 1. The second-order valence-electron chi connectivity index (χ2n) is 8.38. The Bertz CT molecular complexity index is 1090. The Morgan fingerprint density at radius 2 is 1.90 bits per heavy atom. The second kappa shape index (κ2) is 9.36. The van der Waals surface area contributed by atoms with Crippen molar-refractivity contribution in [2.24, 2.45) is 0 Å². The maximum atomic E-state index is 9.72. The molecule has 1 saturated heterocycles. The lowest BCUT2D eigenvalue weighted by Crippen LogP contribution is -2.18. The number of nitrogens with zero attached hydrogens (tertiary/aromatic N) is 5. The van der Waals surface area contributed by atoms with Crippen LogP contribution >= 0.6 is 0 Å². The van der Waals surface area contributed by atoms with E-state index in [1.807, 2.05) is 11.5 Å². The fourth-order valence-corrected chi connectivity index (χ4v) is 4.29. The van der Waals surface area contributed by atoms with E-state index in [4.69, 9.17) is 10.5 Å². The molecule has 0 unspecified atom stereocenters. The monoisotopic (exact) mass is 418 g/mol. The quantitative estimate of drug-likeness (QED) is 0.592. The highest BCUT2D eigenvalue weighted by Crippen LogP contribution is 2.26. The molecule has 0 bridgehead atoms. The molecule has 1 atom stereocenters. The Hall–Kier alpha value is -3.11. The molecule has 4 rings (SSSR count). The average molecular weight is 419 g/mol. The summed E-state index contributed by atoms with van der Waals surface area (Å²) in [6.45, 7) is 7.95. The van der Waals surface area contributed by atoms with Gasteiger partial charge >= 0.3 is 6.01 Å². The van der Waals surface area contributed by atoms with Gasteiger partial charge in [-0.1, -0.05) is 37.6 Å². The molecule has 1 aliphatic heterocycles. The Labute approximate surface area is 183 Å². The highest BCUT2D eigenvalue weighted by Gasteiger charge is 2.17. The van der Waals surface area contributed by atoms with Gasteiger partial charge in [-0.25, -0.2) is 0 Å². The summed E-state index contributed by atoms with van der Waals surface area (Å²) < 4.78 is 7.78. The number of nitrogens with two attached hydrogens (primary N) is 1. The maximum absolute atomic E-state index is 9.72. The second-order valence-corrected chi connectivity index (χ2v) is 8.38. The van der Waals surface area contributed by atoms with Crippen LogP contribution in [0.25, 0.3) is 11.0 Å². The zero-order valence-corrected chi connectivity index (χ0v) is 18.3. The zero-order chi connectivity index (χ0) is 21.8. The maximum Gasteiger partial charge on any atom is 0.320 e. The highest BCUT2D eigenvalue weighted by atomic mass is 16.5. The largest absolute Gasteiger partial charge is 0.460 e. The van der Waals surface area contributed by atoms with Crippen LogP contribution in [0, 0.1) is 11.3 Å². The molecule has 3 heterocycles. The van der Waals surface area contributed by atoms with Crippen LogP contribution in [0.4, 0.5) is 5.82 Å². The molecule has 3 aromatic rings. The van der Waals surface area contributed by atoms with Gasteiger partial charge in [0.05, 0.1) is 18.0 Å². The predicted molar refractivity (Wildman–Crippen MR) is 122 cm³/mol. The first-order valence-corrected chi connectivity index (χ1v) is 11.1. The van der Waals surface area contributed by atoms with E-state index in [0.29, 0.717) is 29.1 Å². The zero-order valence-electron chi connectivity index (χ0n) is 18.3. The van der Waals surface area contributed by atoms with Crippen LogP contribution < -0.4 is 10.5 Å². The first-order chi connectivity index (χ1) is 15.1. The van der Waals surface area contributed by atoms with E-state index >= 15 is 0 Å². The molecule has 0 saturated carbocycles. The van der Waals surface area contributed by atoms with Gasteiger partial charge in [0.15, 0.2) is 5.65 Å². The summed E-state index contributed by atoms with van der Waals surface area (Å²) in [4.78, 5) is 11.4. The van der Waals surface area contributed by atoms with Crippen LogP contribution in [0.1, 0.15) is 56.4 Å². The number of fused-ring (bicyclic) bond motifs is 1. The number of hydrogen-bond acceptors (Lipinski definition) is 6. The van der Waals surface area contributed by atoms with Gasteiger partial charge in [0.25, 0.3) is 0 Å². The standard InChI is InChI=1S/C24H30N6O/c1-3-7-17(2)31-24-27-22(26)21-13-20(14-25)30(23(21)28-24)16-19-9-6-8-18(12-19)15-29-10-4-5-11-29/h6,8-9,12-13,17H,3-5,7,10-11,15-16H2,1-2H3,(H2,26,27,28)/t17-/m1/s1. The predicted octanol–water partition coefficient (Wildman–Crippen LogP) is 4.10. The number of nitrogen functional groups attached to an aromatic ring is 1. The number of ether oxygens (including phenoxy) is 1. The van der Waals surface area contributed by atoms with Crippen molar-refractivity contribution in [3.05, 3.63) is 47.2 Å². The number of nitriles is 1. The minimum Gasteiger partial charge on any atom is -0.460 e. The van der Waals surface area contributed by atoms with Crippen molar-refractivity contribution >= 4 is 16.9 Å². The minimum absolute atomic E-state index is 0.00275. The van der Waals surface area contributed by atoms with Gasteiger partial charge in [-0.05, 0) is 56.5 Å². The lowest BCUT2D eigenvalue weighted by Gasteiger charge is -2.16. The molecule has 162 valence electrons. The topological polar surface area (TPSA) is 93.0 Å². The van der Waals surface area contributed by atoms with Crippen molar-refractivity contribution in [2.45, 2.75) is 58.7 Å². The smallest absolute Gasteiger partial charge is 0.320 e. The summed E-state index contributed by atoms with van der Waals surface area (Å²) >= 11 is 0. The number of likely N-dealkylation sites (tertiary alicyclic amines) is 1. The third-order valence-electron chi connectivity index (χ3n) is 5.82. The number of hydrogen-bond donors (Lipinski definition) is 1. The van der Waals surface area contributed by atoms with E-state index in [9.17, 15) is 5.26 Å². The average Bonchev–Trinajstić information content (AvgIpc) is 3.37. The molecule has 31 heavy (non-hydrogen) atoms. The summed E-state index contributed by atoms with van der Waals surface area (Å²) in [5, 5.41) is 10.4. The summed E-state index contributed by atoms with van der Waals surface area (Å²) in [5.74, 6) is 0.335. The molecule has 0 spiro atoms. The fraction of sp³-hybridized carbons (Fsp3) is 0.458. The molecule has 0 radical (unpaired) electrons. The van der Waals surface area contributed by atoms with E-state index in [2.05, 4.69) is 52.1 Å².